The second-order valence-corrected chi connectivity index (χ2v) is 7.44. The van der Waals surface area contributed by atoms with Gasteiger partial charge in [0.25, 0.3) is 0 Å². The highest BCUT2D eigenvalue weighted by Gasteiger charge is 2.09. The summed E-state index contributed by atoms with van der Waals surface area (Å²) in [5.74, 6) is -0.465. The quantitative estimate of drug-likeness (QED) is 0.716. The Morgan fingerprint density at radius 2 is 1.28 bits per heavy atom. The molecule has 0 saturated carbocycles. The maximum absolute atomic E-state index is 12.7. The van der Waals surface area contributed by atoms with Crippen molar-refractivity contribution in [1.82, 2.24) is 10.2 Å². The number of aldehydes is 1. The van der Waals surface area contributed by atoms with Crippen LogP contribution in [0, 0.1) is 11.6 Å². The average Bonchev–Trinajstić information content (AvgIpc) is 2.79. The van der Waals surface area contributed by atoms with Crippen LogP contribution in [-0.2, 0) is 6.54 Å². The molecule has 2 fully saturated rings. The molecule has 2 saturated heterocycles. The molecule has 0 bridgehead atoms. The third-order valence-electron chi connectivity index (χ3n) is 4.98. The molecule has 2 aromatic rings. The van der Waals surface area contributed by atoms with E-state index in [-0.39, 0.29) is 11.6 Å². The van der Waals surface area contributed by atoms with E-state index in [4.69, 9.17) is 0 Å². The highest BCUT2D eigenvalue weighted by Crippen LogP contribution is 2.13. The van der Waals surface area contributed by atoms with Crippen molar-refractivity contribution in [1.29, 1.82) is 0 Å². The molecule has 0 aliphatic carbocycles. The van der Waals surface area contributed by atoms with E-state index < -0.39 is 0 Å². The summed E-state index contributed by atoms with van der Waals surface area (Å²) in [5.41, 5.74) is 1.71. The van der Waals surface area contributed by atoms with Crippen molar-refractivity contribution < 1.29 is 13.6 Å². The second kappa shape index (κ2) is 14.0. The van der Waals surface area contributed by atoms with E-state index in [1.165, 1.54) is 94.5 Å². The maximum Gasteiger partial charge on any atom is 0.150 e. The van der Waals surface area contributed by atoms with Crippen LogP contribution < -0.4 is 5.32 Å². The molecule has 2 aliphatic rings. The molecule has 2 heterocycles. The molecule has 5 heteroatoms. The number of carbonyl (C=O) groups is 1. The van der Waals surface area contributed by atoms with E-state index in [9.17, 15) is 13.6 Å². The molecule has 0 atom stereocenters. The minimum Gasteiger partial charge on any atom is -0.317 e. The first-order chi connectivity index (χ1) is 14.2. The Bertz CT molecular complexity index is 668. The van der Waals surface area contributed by atoms with Crippen LogP contribution in [0.3, 0.4) is 0 Å². The predicted octanol–water partition coefficient (Wildman–Crippen LogP) is 5.21. The van der Waals surface area contributed by atoms with Crippen LogP contribution in [0.15, 0.2) is 48.5 Å². The van der Waals surface area contributed by atoms with Crippen LogP contribution in [0.5, 0.6) is 0 Å². The summed E-state index contributed by atoms with van der Waals surface area (Å²) in [6.07, 6.45) is 8.87. The van der Waals surface area contributed by atoms with Gasteiger partial charge in [-0.15, -0.1) is 0 Å². The molecule has 4 rings (SSSR count). The monoisotopic (exact) mass is 402 g/mol. The van der Waals surface area contributed by atoms with Crippen molar-refractivity contribution in [3.63, 3.8) is 0 Å². The predicted molar refractivity (Wildman–Crippen MR) is 114 cm³/mol. The highest BCUT2D eigenvalue weighted by molar-refractivity contribution is 5.74. The zero-order chi connectivity index (χ0) is 20.7. The summed E-state index contributed by atoms with van der Waals surface area (Å²) >= 11 is 0. The number of likely N-dealkylation sites (tertiary alicyclic amines) is 1. The van der Waals surface area contributed by atoms with Gasteiger partial charge in [-0.1, -0.05) is 25.0 Å². The Morgan fingerprint density at radius 1 is 0.759 bits per heavy atom. The number of rotatable bonds is 3. The number of carbonyl (C=O) groups excluding carboxylic acids is 1. The molecular formula is C24H32F2N2O. The molecule has 2 aromatic carbocycles. The number of piperidine rings is 2. The van der Waals surface area contributed by atoms with Crippen molar-refractivity contribution in [2.75, 3.05) is 26.2 Å². The number of halogens is 2. The summed E-state index contributed by atoms with van der Waals surface area (Å²) < 4.78 is 24.8. The van der Waals surface area contributed by atoms with E-state index in [0.717, 1.165) is 6.54 Å². The first-order valence-electron chi connectivity index (χ1n) is 10.6. The second-order valence-electron chi connectivity index (χ2n) is 7.44. The van der Waals surface area contributed by atoms with Crippen LogP contribution in [0.25, 0.3) is 0 Å². The molecule has 2 aliphatic heterocycles. The van der Waals surface area contributed by atoms with Crippen molar-refractivity contribution in [3.8, 4) is 0 Å². The summed E-state index contributed by atoms with van der Waals surface area (Å²) in [6.45, 7) is 5.86. The molecule has 158 valence electrons. The van der Waals surface area contributed by atoms with Crippen molar-refractivity contribution in [2.45, 2.75) is 45.1 Å². The Labute approximate surface area is 173 Å². The SMILES string of the molecule is C1CCNCC1.Fc1ccc(CN2CCCCC2)cc1.O=Cc1ccc(F)cc1. The minimum atomic E-state index is -0.319. The minimum absolute atomic E-state index is 0.146. The van der Waals surface area contributed by atoms with Gasteiger partial charge in [-0.05, 0) is 93.8 Å². The molecule has 3 nitrogen and oxygen atoms in total. The normalized spacial score (nSPS) is 16.6. The van der Waals surface area contributed by atoms with Crippen LogP contribution in [0.2, 0.25) is 0 Å². The van der Waals surface area contributed by atoms with Gasteiger partial charge in [-0.25, -0.2) is 8.78 Å². The van der Waals surface area contributed by atoms with Gasteiger partial charge in [-0.2, -0.15) is 0 Å². The third kappa shape index (κ3) is 10.3. The van der Waals surface area contributed by atoms with E-state index in [2.05, 4.69) is 10.2 Å². The van der Waals surface area contributed by atoms with Crippen LogP contribution in [0.1, 0.15) is 54.4 Å². The fraction of sp³-hybridized carbons (Fsp3) is 0.458. The van der Waals surface area contributed by atoms with Gasteiger partial charge >= 0.3 is 0 Å². The van der Waals surface area contributed by atoms with E-state index in [1.807, 2.05) is 12.1 Å². The Kier molecular flexibility index (Phi) is 11.2. The van der Waals surface area contributed by atoms with Gasteiger partial charge < -0.3 is 5.32 Å². The van der Waals surface area contributed by atoms with Gasteiger partial charge in [0.05, 0.1) is 0 Å². The van der Waals surface area contributed by atoms with E-state index >= 15 is 0 Å². The summed E-state index contributed by atoms with van der Waals surface area (Å²) in [4.78, 5) is 12.4. The lowest BCUT2D eigenvalue weighted by molar-refractivity contribution is 0.112. The molecule has 0 spiro atoms. The van der Waals surface area contributed by atoms with Crippen LogP contribution >= 0.6 is 0 Å². The first-order valence-corrected chi connectivity index (χ1v) is 10.6. The van der Waals surface area contributed by atoms with Crippen molar-refractivity contribution in [3.05, 3.63) is 71.3 Å². The number of benzene rings is 2. The molecule has 29 heavy (non-hydrogen) atoms. The van der Waals surface area contributed by atoms with Gasteiger partial charge in [0, 0.05) is 12.1 Å². The fourth-order valence-corrected chi connectivity index (χ4v) is 3.31. The molecule has 1 N–H and O–H groups in total. The lowest BCUT2D eigenvalue weighted by atomic mass is 10.1. The van der Waals surface area contributed by atoms with Gasteiger partial charge in [0.1, 0.15) is 17.9 Å². The Hall–Kier alpha value is -2.11. The average molecular weight is 403 g/mol. The smallest absolute Gasteiger partial charge is 0.150 e. The first kappa shape index (κ1) is 23.2. The highest BCUT2D eigenvalue weighted by atomic mass is 19.1. The maximum atomic E-state index is 12.7. The van der Waals surface area contributed by atoms with Crippen LogP contribution in [-0.4, -0.2) is 37.4 Å². The Morgan fingerprint density at radius 3 is 1.72 bits per heavy atom. The number of nitrogens with zero attached hydrogens (tertiary/aromatic N) is 1. The summed E-state index contributed by atoms with van der Waals surface area (Å²) in [7, 11) is 0. The van der Waals surface area contributed by atoms with Gasteiger partial charge in [-0.3, -0.25) is 9.69 Å². The molecule has 0 unspecified atom stereocenters. The topological polar surface area (TPSA) is 32.3 Å². The fourth-order valence-electron chi connectivity index (χ4n) is 3.31. The van der Waals surface area contributed by atoms with Crippen molar-refractivity contribution >= 4 is 6.29 Å². The third-order valence-corrected chi connectivity index (χ3v) is 4.98. The van der Waals surface area contributed by atoms with Crippen LogP contribution in [0.4, 0.5) is 8.78 Å². The number of nitrogens with one attached hydrogen (secondary N) is 1. The van der Waals surface area contributed by atoms with Gasteiger partial charge in [0.2, 0.25) is 0 Å². The summed E-state index contributed by atoms with van der Waals surface area (Å²) in [6, 6.07) is 12.2. The van der Waals surface area contributed by atoms with Gasteiger partial charge in [0.15, 0.2) is 0 Å². The van der Waals surface area contributed by atoms with E-state index in [1.54, 1.807) is 12.1 Å². The lowest BCUT2D eigenvalue weighted by Crippen LogP contribution is -2.29. The summed E-state index contributed by atoms with van der Waals surface area (Å²) in [5, 5.41) is 3.28. The zero-order valence-electron chi connectivity index (χ0n) is 17.1. The Balaban J connectivity index is 0.000000171. The molecule has 0 aromatic heterocycles. The van der Waals surface area contributed by atoms with E-state index in [0.29, 0.717) is 11.8 Å². The molecular weight excluding hydrogens is 370 g/mol. The number of hydrogen-bond acceptors (Lipinski definition) is 3. The molecule has 0 radical (unpaired) electrons. The number of hydrogen-bond donors (Lipinski definition) is 1. The largest absolute Gasteiger partial charge is 0.317 e. The zero-order valence-corrected chi connectivity index (χ0v) is 17.1. The molecule has 0 amide bonds. The lowest BCUT2D eigenvalue weighted by Gasteiger charge is -2.26. The standard InChI is InChI=1S/C12H16FN.C7H5FO.C5H11N/c13-12-6-4-11(5-7-12)10-14-8-2-1-3-9-14;8-7-3-1-6(5-9)2-4-7;1-2-4-6-5-3-1/h4-7H,1-3,8-10H2;1-5H;6H,1-5H2. The van der Waals surface area contributed by atoms with Crippen molar-refractivity contribution in [2.24, 2.45) is 0 Å².